The van der Waals surface area contributed by atoms with E-state index in [1.807, 2.05) is 6.92 Å². The number of hydrogen-bond acceptors (Lipinski definition) is 2. The van der Waals surface area contributed by atoms with E-state index < -0.39 is 11.4 Å². The first-order valence-corrected chi connectivity index (χ1v) is 5.76. The molecule has 86 valence electrons. The second-order valence-electron chi connectivity index (χ2n) is 4.40. The predicted molar refractivity (Wildman–Crippen MR) is 62.0 cm³/mol. The van der Waals surface area contributed by atoms with Crippen LogP contribution < -0.4 is 0 Å². The van der Waals surface area contributed by atoms with Crippen LogP contribution >= 0.6 is 23.2 Å². The van der Waals surface area contributed by atoms with Crippen molar-refractivity contribution < 1.29 is 9.90 Å². The Balaban J connectivity index is 2.45. The lowest BCUT2D eigenvalue weighted by atomic mass is 9.59. The third kappa shape index (κ3) is 1.78. The van der Waals surface area contributed by atoms with Crippen molar-refractivity contribution in [2.45, 2.75) is 25.2 Å². The Bertz CT molecular complexity index is 421. The largest absolute Gasteiger partial charge is 0.481 e. The molecule has 16 heavy (non-hydrogen) atoms. The van der Waals surface area contributed by atoms with Crippen LogP contribution in [0, 0.1) is 5.92 Å². The van der Waals surface area contributed by atoms with Gasteiger partial charge in [-0.05, 0) is 36.5 Å². The molecule has 0 aromatic carbocycles. The average Bonchev–Trinajstić information content (AvgIpc) is 2.10. The summed E-state index contributed by atoms with van der Waals surface area (Å²) >= 11 is 11.6. The van der Waals surface area contributed by atoms with Crippen LogP contribution in [0.5, 0.6) is 0 Å². The van der Waals surface area contributed by atoms with E-state index in [-0.39, 0.29) is 10.3 Å². The van der Waals surface area contributed by atoms with Crippen LogP contribution in [0.25, 0.3) is 0 Å². The number of pyridine rings is 1. The molecule has 1 aromatic rings. The van der Waals surface area contributed by atoms with Crippen LogP contribution in [-0.4, -0.2) is 16.1 Å². The van der Waals surface area contributed by atoms with Gasteiger partial charge in [-0.3, -0.25) is 4.79 Å². The summed E-state index contributed by atoms with van der Waals surface area (Å²) in [7, 11) is 0. The van der Waals surface area contributed by atoms with E-state index >= 15 is 0 Å². The monoisotopic (exact) mass is 259 g/mol. The number of carboxylic acid groups (broad SMARTS) is 1. The van der Waals surface area contributed by atoms with Gasteiger partial charge >= 0.3 is 5.97 Å². The van der Waals surface area contributed by atoms with E-state index in [1.165, 1.54) is 0 Å². The number of carboxylic acids is 1. The third-order valence-corrected chi connectivity index (χ3v) is 3.51. The van der Waals surface area contributed by atoms with Gasteiger partial charge < -0.3 is 5.11 Å². The highest BCUT2D eigenvalue weighted by atomic mass is 35.5. The minimum absolute atomic E-state index is 0.239. The average molecular weight is 260 g/mol. The first-order chi connectivity index (χ1) is 7.44. The molecule has 1 N–H and O–H groups in total. The zero-order chi connectivity index (χ0) is 11.9. The van der Waals surface area contributed by atoms with Crippen LogP contribution in [0.15, 0.2) is 12.1 Å². The van der Waals surface area contributed by atoms with Gasteiger partial charge in [0, 0.05) is 0 Å². The molecule has 0 unspecified atom stereocenters. The maximum atomic E-state index is 11.4. The summed E-state index contributed by atoms with van der Waals surface area (Å²) in [5.41, 5.74) is -0.168. The minimum atomic E-state index is -0.824. The van der Waals surface area contributed by atoms with Gasteiger partial charge in [-0.15, -0.1) is 0 Å². The molecule has 0 atom stereocenters. The molecule has 0 bridgehead atoms. The zero-order valence-corrected chi connectivity index (χ0v) is 10.2. The molecule has 1 fully saturated rings. The number of hydrogen-bond donors (Lipinski definition) is 1. The molecule has 1 aliphatic carbocycles. The van der Waals surface area contributed by atoms with Gasteiger partial charge in [-0.25, -0.2) is 4.98 Å². The molecule has 1 saturated carbocycles. The molecule has 2 rings (SSSR count). The van der Waals surface area contributed by atoms with Crippen LogP contribution in [0.3, 0.4) is 0 Å². The van der Waals surface area contributed by atoms with E-state index in [2.05, 4.69) is 4.98 Å². The molecular weight excluding hydrogens is 249 g/mol. The van der Waals surface area contributed by atoms with Crippen molar-refractivity contribution in [2.24, 2.45) is 5.92 Å². The standard InChI is InChI=1S/C11H11Cl2NO2/c1-6-4-11(5-6,10(15)16)7-2-8(12)14-9(13)3-7/h2-3,6H,4-5H2,1H3,(H,15,16). The van der Waals surface area contributed by atoms with Crippen LogP contribution in [-0.2, 0) is 10.2 Å². The van der Waals surface area contributed by atoms with Gasteiger partial charge in [0.2, 0.25) is 0 Å². The maximum Gasteiger partial charge on any atom is 0.314 e. The lowest BCUT2D eigenvalue weighted by molar-refractivity contribution is -0.149. The molecule has 3 nitrogen and oxygen atoms in total. The number of aliphatic carboxylic acids is 1. The van der Waals surface area contributed by atoms with Crippen molar-refractivity contribution in [1.29, 1.82) is 0 Å². The van der Waals surface area contributed by atoms with Gasteiger partial charge in [-0.1, -0.05) is 30.1 Å². The Morgan fingerprint density at radius 2 is 1.94 bits per heavy atom. The highest BCUT2D eigenvalue weighted by Gasteiger charge is 2.50. The zero-order valence-electron chi connectivity index (χ0n) is 8.70. The fourth-order valence-electron chi connectivity index (χ4n) is 2.40. The molecule has 1 heterocycles. The third-order valence-electron chi connectivity index (χ3n) is 3.12. The van der Waals surface area contributed by atoms with Crippen LogP contribution in [0.2, 0.25) is 10.3 Å². The summed E-state index contributed by atoms with van der Waals surface area (Å²) in [4.78, 5) is 15.2. The van der Waals surface area contributed by atoms with E-state index in [9.17, 15) is 9.90 Å². The molecular formula is C11H11Cl2NO2. The van der Waals surface area contributed by atoms with Gasteiger partial charge in [0.15, 0.2) is 0 Å². The molecule has 5 heteroatoms. The predicted octanol–water partition coefficient (Wildman–Crippen LogP) is 3.14. The van der Waals surface area contributed by atoms with E-state index in [1.54, 1.807) is 12.1 Å². The van der Waals surface area contributed by atoms with Crippen molar-refractivity contribution >= 4 is 29.2 Å². The molecule has 1 aliphatic rings. The summed E-state index contributed by atoms with van der Waals surface area (Å²) in [5, 5.41) is 9.81. The van der Waals surface area contributed by atoms with Crippen molar-refractivity contribution in [3.8, 4) is 0 Å². The fourth-order valence-corrected chi connectivity index (χ4v) is 2.87. The number of aromatic nitrogens is 1. The Hall–Kier alpha value is -0.800. The van der Waals surface area contributed by atoms with Crippen molar-refractivity contribution in [1.82, 2.24) is 4.98 Å². The Kier molecular flexibility index (Phi) is 2.84. The Labute approximate surface area is 103 Å². The summed E-state index contributed by atoms with van der Waals surface area (Å²) in [6.07, 6.45) is 1.25. The van der Waals surface area contributed by atoms with Crippen LogP contribution in [0.1, 0.15) is 25.3 Å². The van der Waals surface area contributed by atoms with E-state index in [0.29, 0.717) is 24.3 Å². The molecule has 0 aliphatic heterocycles. The summed E-state index contributed by atoms with van der Waals surface area (Å²) in [6, 6.07) is 3.18. The Morgan fingerprint density at radius 1 is 1.44 bits per heavy atom. The molecule has 0 saturated heterocycles. The SMILES string of the molecule is CC1CC(C(=O)O)(c2cc(Cl)nc(Cl)c2)C1. The smallest absolute Gasteiger partial charge is 0.314 e. The number of halogens is 2. The van der Waals surface area contributed by atoms with Crippen molar-refractivity contribution in [2.75, 3.05) is 0 Å². The summed E-state index contributed by atoms with van der Waals surface area (Å²) in [5.74, 6) is -0.397. The normalized spacial score (nSPS) is 28.6. The summed E-state index contributed by atoms with van der Waals surface area (Å²) in [6.45, 7) is 2.03. The molecule has 0 radical (unpaired) electrons. The highest BCUT2D eigenvalue weighted by Crippen LogP contribution is 2.48. The quantitative estimate of drug-likeness (QED) is 0.831. The summed E-state index contributed by atoms with van der Waals surface area (Å²) < 4.78 is 0. The fraction of sp³-hybridized carbons (Fsp3) is 0.455. The minimum Gasteiger partial charge on any atom is -0.481 e. The van der Waals surface area contributed by atoms with Gasteiger partial charge in [0.05, 0.1) is 5.41 Å². The van der Waals surface area contributed by atoms with Gasteiger partial charge in [0.25, 0.3) is 0 Å². The van der Waals surface area contributed by atoms with Crippen molar-refractivity contribution in [3.05, 3.63) is 28.0 Å². The lowest BCUT2D eigenvalue weighted by Crippen LogP contribution is -2.47. The number of rotatable bonds is 2. The maximum absolute atomic E-state index is 11.4. The van der Waals surface area contributed by atoms with E-state index in [4.69, 9.17) is 23.2 Å². The lowest BCUT2D eigenvalue weighted by Gasteiger charge is -2.43. The second kappa shape index (κ2) is 3.90. The number of carbonyl (C=O) groups is 1. The molecule has 0 spiro atoms. The first-order valence-electron chi connectivity index (χ1n) is 5.01. The Morgan fingerprint density at radius 3 is 2.31 bits per heavy atom. The van der Waals surface area contributed by atoms with Gasteiger partial charge in [-0.2, -0.15) is 0 Å². The first kappa shape index (κ1) is 11.7. The van der Waals surface area contributed by atoms with Crippen molar-refractivity contribution in [3.63, 3.8) is 0 Å². The van der Waals surface area contributed by atoms with Gasteiger partial charge in [0.1, 0.15) is 10.3 Å². The molecule has 0 amide bonds. The highest BCUT2D eigenvalue weighted by molar-refractivity contribution is 6.32. The topological polar surface area (TPSA) is 50.2 Å². The number of nitrogens with zero attached hydrogens (tertiary/aromatic N) is 1. The van der Waals surface area contributed by atoms with Crippen LogP contribution in [0.4, 0.5) is 0 Å². The molecule has 1 aromatic heterocycles. The van der Waals surface area contributed by atoms with E-state index in [0.717, 1.165) is 0 Å². The second-order valence-corrected chi connectivity index (χ2v) is 5.18.